The Bertz CT molecular complexity index is 922. The van der Waals surface area contributed by atoms with Crippen LogP contribution in [0.1, 0.15) is 43.6 Å². The minimum Gasteiger partial charge on any atom is -0.468 e. The average Bonchev–Trinajstić information content (AvgIpc) is 3.27. The normalized spacial score (nSPS) is 16.9. The minimum atomic E-state index is -3.73. The summed E-state index contributed by atoms with van der Waals surface area (Å²) in [6, 6.07) is 10.6. The van der Waals surface area contributed by atoms with Gasteiger partial charge in [-0.25, -0.2) is 18.5 Å². The summed E-state index contributed by atoms with van der Waals surface area (Å²) in [5, 5.41) is 11.9. The first-order valence-electron chi connectivity index (χ1n) is 10.4. The molecule has 0 aliphatic carbocycles. The summed E-state index contributed by atoms with van der Waals surface area (Å²) in [5.74, 6) is 1.62. The van der Waals surface area contributed by atoms with Crippen molar-refractivity contribution < 1.29 is 12.8 Å². The highest BCUT2D eigenvalue weighted by Gasteiger charge is 2.24. The number of furan rings is 1. The number of likely N-dealkylation sites (tertiary alicyclic amines) is 1. The Morgan fingerprint density at radius 1 is 1.20 bits per heavy atom. The number of benzene rings is 1. The molecule has 1 atom stereocenters. The van der Waals surface area contributed by atoms with Gasteiger partial charge in [-0.05, 0) is 62.7 Å². The Morgan fingerprint density at radius 2 is 2.00 bits per heavy atom. The summed E-state index contributed by atoms with van der Waals surface area (Å²) in [6.07, 6.45) is 5.39. The van der Waals surface area contributed by atoms with E-state index in [0.717, 1.165) is 31.0 Å². The molecule has 0 amide bonds. The summed E-state index contributed by atoms with van der Waals surface area (Å²) in [4.78, 5) is 7.16. The van der Waals surface area contributed by atoms with Crippen LogP contribution in [0.25, 0.3) is 0 Å². The Hall–Kier alpha value is -2.36. The molecule has 2 aromatic rings. The molecule has 1 unspecified atom stereocenters. The lowest BCUT2D eigenvalue weighted by atomic mass is 10.1. The predicted molar refractivity (Wildman–Crippen MR) is 118 cm³/mol. The van der Waals surface area contributed by atoms with Crippen molar-refractivity contribution in [1.29, 1.82) is 0 Å². The molecule has 1 fully saturated rings. The van der Waals surface area contributed by atoms with E-state index >= 15 is 0 Å². The summed E-state index contributed by atoms with van der Waals surface area (Å²) in [7, 11) is -3.73. The molecule has 164 valence electrons. The Morgan fingerprint density at radius 3 is 2.67 bits per heavy atom. The van der Waals surface area contributed by atoms with Gasteiger partial charge in [-0.1, -0.05) is 18.6 Å². The van der Waals surface area contributed by atoms with Crippen LogP contribution in [-0.4, -0.2) is 45.5 Å². The van der Waals surface area contributed by atoms with Gasteiger partial charge in [0.15, 0.2) is 5.96 Å². The molecule has 4 N–H and O–H groups in total. The van der Waals surface area contributed by atoms with Gasteiger partial charge >= 0.3 is 0 Å². The van der Waals surface area contributed by atoms with E-state index in [9.17, 15) is 8.42 Å². The van der Waals surface area contributed by atoms with Crippen molar-refractivity contribution >= 4 is 16.0 Å². The number of sulfonamides is 1. The standard InChI is InChI=1S/C21H31N5O3S/c1-2-23-21(24-15-17-8-6-9-18(14-17)30(22,27)28)25-16-19(20-10-7-13-29-20)26-11-4-3-5-12-26/h6-10,13-14,19H,2-5,11-12,15-16H2,1H3,(H2,22,27,28)(H2,23,24,25). The lowest BCUT2D eigenvalue weighted by Crippen LogP contribution is -2.44. The van der Waals surface area contributed by atoms with Gasteiger partial charge in [-0.15, -0.1) is 0 Å². The third-order valence-corrected chi connectivity index (χ3v) is 6.07. The van der Waals surface area contributed by atoms with E-state index in [2.05, 4.69) is 20.5 Å². The van der Waals surface area contributed by atoms with Crippen LogP contribution in [-0.2, 0) is 16.6 Å². The fourth-order valence-electron chi connectivity index (χ4n) is 3.65. The number of nitrogens with one attached hydrogen (secondary N) is 2. The monoisotopic (exact) mass is 433 g/mol. The largest absolute Gasteiger partial charge is 0.468 e. The molecule has 1 aromatic heterocycles. The molecule has 9 heteroatoms. The molecule has 1 aromatic carbocycles. The number of primary sulfonamides is 1. The Kier molecular flexibility index (Phi) is 7.89. The molecule has 1 aliphatic rings. The van der Waals surface area contributed by atoms with Gasteiger partial charge in [0.25, 0.3) is 0 Å². The maximum Gasteiger partial charge on any atom is 0.238 e. The summed E-state index contributed by atoms with van der Waals surface area (Å²) in [6.45, 7) is 5.85. The van der Waals surface area contributed by atoms with Crippen LogP contribution < -0.4 is 15.8 Å². The van der Waals surface area contributed by atoms with Crippen LogP contribution >= 0.6 is 0 Å². The zero-order valence-corrected chi connectivity index (χ0v) is 18.2. The maximum absolute atomic E-state index is 11.6. The van der Waals surface area contributed by atoms with E-state index in [0.29, 0.717) is 19.0 Å². The van der Waals surface area contributed by atoms with Crippen molar-refractivity contribution in [2.45, 2.75) is 43.7 Å². The quantitative estimate of drug-likeness (QED) is 0.435. The first-order valence-corrected chi connectivity index (χ1v) is 11.9. The second-order valence-corrected chi connectivity index (χ2v) is 8.96. The van der Waals surface area contributed by atoms with Gasteiger partial charge in [0.05, 0.1) is 23.7 Å². The molecule has 2 heterocycles. The number of piperidine rings is 1. The van der Waals surface area contributed by atoms with E-state index in [4.69, 9.17) is 9.56 Å². The van der Waals surface area contributed by atoms with E-state index in [-0.39, 0.29) is 10.9 Å². The molecule has 8 nitrogen and oxygen atoms in total. The highest BCUT2D eigenvalue weighted by atomic mass is 32.2. The van der Waals surface area contributed by atoms with Gasteiger partial charge in [-0.3, -0.25) is 4.90 Å². The van der Waals surface area contributed by atoms with E-state index in [1.165, 1.54) is 25.3 Å². The predicted octanol–water partition coefficient (Wildman–Crippen LogP) is 2.21. The van der Waals surface area contributed by atoms with Crippen LogP contribution in [0.3, 0.4) is 0 Å². The van der Waals surface area contributed by atoms with Crippen molar-refractivity contribution in [2.75, 3.05) is 26.2 Å². The average molecular weight is 434 g/mol. The molecule has 3 rings (SSSR count). The van der Waals surface area contributed by atoms with Gasteiger partial charge in [-0.2, -0.15) is 0 Å². The topological polar surface area (TPSA) is 113 Å². The minimum absolute atomic E-state index is 0.0936. The molecule has 1 saturated heterocycles. The number of nitrogens with zero attached hydrogens (tertiary/aromatic N) is 2. The highest BCUT2D eigenvalue weighted by Crippen LogP contribution is 2.24. The number of aliphatic imine (C=N–C) groups is 1. The van der Waals surface area contributed by atoms with Crippen LogP contribution in [0.4, 0.5) is 0 Å². The Balaban J connectivity index is 1.69. The molecule has 0 saturated carbocycles. The summed E-state index contributed by atoms with van der Waals surface area (Å²) in [5.41, 5.74) is 0.775. The molecule has 0 radical (unpaired) electrons. The van der Waals surface area contributed by atoms with Gasteiger partial charge in [0.1, 0.15) is 5.76 Å². The third-order valence-electron chi connectivity index (χ3n) is 5.16. The van der Waals surface area contributed by atoms with Crippen molar-refractivity contribution in [1.82, 2.24) is 15.5 Å². The van der Waals surface area contributed by atoms with Crippen molar-refractivity contribution in [3.63, 3.8) is 0 Å². The lowest BCUT2D eigenvalue weighted by Gasteiger charge is -2.33. The number of hydrogen-bond donors (Lipinski definition) is 3. The van der Waals surface area contributed by atoms with Crippen LogP contribution in [0, 0.1) is 0 Å². The zero-order chi connectivity index (χ0) is 21.4. The van der Waals surface area contributed by atoms with Crippen molar-refractivity contribution in [3.8, 4) is 0 Å². The fourth-order valence-corrected chi connectivity index (χ4v) is 4.23. The number of nitrogens with two attached hydrogens (primary N) is 1. The number of guanidine groups is 1. The van der Waals surface area contributed by atoms with Gasteiger partial charge in [0, 0.05) is 13.1 Å². The molecule has 1 aliphatic heterocycles. The van der Waals surface area contributed by atoms with E-state index in [1.54, 1.807) is 18.4 Å². The van der Waals surface area contributed by atoms with Crippen molar-refractivity contribution in [3.05, 3.63) is 54.0 Å². The molecule has 0 bridgehead atoms. The molecular formula is C21H31N5O3S. The molecular weight excluding hydrogens is 402 g/mol. The van der Waals surface area contributed by atoms with E-state index < -0.39 is 10.0 Å². The highest BCUT2D eigenvalue weighted by molar-refractivity contribution is 7.89. The van der Waals surface area contributed by atoms with Crippen LogP contribution in [0.15, 0.2) is 57.0 Å². The molecule has 0 spiro atoms. The fraction of sp³-hybridized carbons (Fsp3) is 0.476. The summed E-state index contributed by atoms with van der Waals surface area (Å²) >= 11 is 0. The maximum atomic E-state index is 11.6. The van der Waals surface area contributed by atoms with Crippen LogP contribution in [0.2, 0.25) is 0 Å². The third kappa shape index (κ3) is 6.32. The molecule has 30 heavy (non-hydrogen) atoms. The first kappa shape index (κ1) is 22.3. The second kappa shape index (κ2) is 10.6. The Labute approximate surface area is 178 Å². The lowest BCUT2D eigenvalue weighted by molar-refractivity contribution is 0.146. The zero-order valence-electron chi connectivity index (χ0n) is 17.4. The van der Waals surface area contributed by atoms with Crippen molar-refractivity contribution in [2.24, 2.45) is 10.1 Å². The second-order valence-electron chi connectivity index (χ2n) is 7.40. The van der Waals surface area contributed by atoms with Gasteiger partial charge in [0.2, 0.25) is 10.0 Å². The smallest absolute Gasteiger partial charge is 0.238 e. The first-order chi connectivity index (χ1) is 14.5. The van der Waals surface area contributed by atoms with Gasteiger partial charge < -0.3 is 15.1 Å². The summed E-state index contributed by atoms with van der Waals surface area (Å²) < 4.78 is 28.8. The number of hydrogen-bond acceptors (Lipinski definition) is 5. The van der Waals surface area contributed by atoms with E-state index in [1.807, 2.05) is 25.1 Å². The SMILES string of the molecule is CCNC(=NCc1cccc(S(N)(=O)=O)c1)NCC(c1ccco1)N1CCCCC1. The number of rotatable bonds is 8. The van der Waals surface area contributed by atoms with Crippen LogP contribution in [0.5, 0.6) is 0 Å².